The second kappa shape index (κ2) is 5.40. The summed E-state index contributed by atoms with van der Waals surface area (Å²) in [6.45, 7) is 2.59. The molecule has 1 aromatic heterocycles. The number of tetrazole rings is 1. The molecule has 90 valence electrons. The van der Waals surface area contributed by atoms with Crippen molar-refractivity contribution >= 4 is 0 Å². The summed E-state index contributed by atoms with van der Waals surface area (Å²) in [5, 5.41) is 20.4. The summed E-state index contributed by atoms with van der Waals surface area (Å²) in [5.41, 5.74) is 1.07. The first-order valence-electron chi connectivity index (χ1n) is 5.35. The van der Waals surface area contributed by atoms with E-state index in [4.69, 9.17) is 9.84 Å². The number of hydrogen-bond acceptors (Lipinski definition) is 5. The van der Waals surface area contributed by atoms with Gasteiger partial charge in [-0.2, -0.15) is 4.80 Å². The van der Waals surface area contributed by atoms with E-state index in [2.05, 4.69) is 15.4 Å². The number of aryl methyl sites for hydroxylation is 1. The van der Waals surface area contributed by atoms with E-state index in [-0.39, 0.29) is 13.2 Å². The van der Waals surface area contributed by atoms with E-state index < -0.39 is 0 Å². The molecule has 6 nitrogen and oxygen atoms in total. The number of rotatable bonds is 5. The molecule has 0 spiro atoms. The summed E-state index contributed by atoms with van der Waals surface area (Å²) in [4.78, 5) is 1.34. The van der Waals surface area contributed by atoms with Crippen LogP contribution in [0.1, 0.15) is 11.4 Å². The van der Waals surface area contributed by atoms with Crippen molar-refractivity contribution in [1.29, 1.82) is 0 Å². The molecule has 0 aliphatic rings. The third-order valence-corrected chi connectivity index (χ3v) is 2.24. The normalized spacial score (nSPS) is 10.5. The quantitative estimate of drug-likeness (QED) is 0.818. The van der Waals surface area contributed by atoms with Gasteiger partial charge in [0.15, 0.2) is 6.61 Å². The molecule has 0 aliphatic heterocycles. The zero-order valence-corrected chi connectivity index (χ0v) is 9.58. The van der Waals surface area contributed by atoms with E-state index in [1.807, 2.05) is 31.2 Å². The molecule has 0 saturated heterocycles. The van der Waals surface area contributed by atoms with Crippen molar-refractivity contribution in [2.75, 3.05) is 6.61 Å². The SMILES string of the molecule is Cc1ccccc1OCc1nnn(CCO)n1. The monoisotopic (exact) mass is 234 g/mol. The van der Waals surface area contributed by atoms with Gasteiger partial charge in [0.05, 0.1) is 13.2 Å². The van der Waals surface area contributed by atoms with Crippen LogP contribution in [0.25, 0.3) is 0 Å². The van der Waals surface area contributed by atoms with Crippen LogP contribution in [0.3, 0.4) is 0 Å². The molecule has 2 aromatic rings. The van der Waals surface area contributed by atoms with Crippen LogP contribution in [-0.2, 0) is 13.2 Å². The van der Waals surface area contributed by atoms with Crippen LogP contribution in [0.2, 0.25) is 0 Å². The molecule has 0 amide bonds. The lowest BCUT2D eigenvalue weighted by Gasteiger charge is -2.05. The van der Waals surface area contributed by atoms with Crippen LogP contribution >= 0.6 is 0 Å². The lowest BCUT2D eigenvalue weighted by atomic mass is 10.2. The highest BCUT2D eigenvalue weighted by Gasteiger charge is 2.04. The molecule has 2 rings (SSSR count). The van der Waals surface area contributed by atoms with Crippen molar-refractivity contribution in [2.45, 2.75) is 20.1 Å². The van der Waals surface area contributed by atoms with Gasteiger partial charge in [-0.15, -0.1) is 10.2 Å². The van der Waals surface area contributed by atoms with Gasteiger partial charge in [-0.3, -0.25) is 0 Å². The number of para-hydroxylation sites is 1. The Morgan fingerprint density at radius 2 is 2.18 bits per heavy atom. The highest BCUT2D eigenvalue weighted by molar-refractivity contribution is 5.31. The predicted molar refractivity (Wildman–Crippen MR) is 60.4 cm³/mol. The molecule has 0 aliphatic carbocycles. The van der Waals surface area contributed by atoms with Crippen LogP contribution in [0.5, 0.6) is 5.75 Å². The minimum absolute atomic E-state index is 0.00551. The fraction of sp³-hybridized carbons (Fsp3) is 0.364. The van der Waals surface area contributed by atoms with Crippen molar-refractivity contribution in [3.05, 3.63) is 35.7 Å². The van der Waals surface area contributed by atoms with Crippen molar-refractivity contribution in [2.24, 2.45) is 0 Å². The number of aliphatic hydroxyl groups excluding tert-OH is 1. The lowest BCUT2D eigenvalue weighted by molar-refractivity contribution is 0.257. The van der Waals surface area contributed by atoms with Gasteiger partial charge in [0.25, 0.3) is 0 Å². The number of hydrogen-bond donors (Lipinski definition) is 1. The van der Waals surface area contributed by atoms with Crippen LogP contribution in [0, 0.1) is 6.92 Å². The van der Waals surface area contributed by atoms with E-state index in [1.165, 1.54) is 4.80 Å². The number of ether oxygens (including phenoxy) is 1. The first-order chi connectivity index (χ1) is 8.29. The maximum atomic E-state index is 8.71. The molecule has 0 saturated carbocycles. The average Bonchev–Trinajstić information content (AvgIpc) is 2.76. The Balaban J connectivity index is 1.95. The third-order valence-electron chi connectivity index (χ3n) is 2.24. The number of aromatic nitrogens is 4. The average molecular weight is 234 g/mol. The van der Waals surface area contributed by atoms with E-state index in [9.17, 15) is 0 Å². The van der Waals surface area contributed by atoms with Crippen molar-refractivity contribution < 1.29 is 9.84 Å². The summed E-state index contributed by atoms with van der Waals surface area (Å²) in [7, 11) is 0. The van der Waals surface area contributed by atoms with Crippen molar-refractivity contribution in [3.63, 3.8) is 0 Å². The van der Waals surface area contributed by atoms with Gasteiger partial charge in [-0.1, -0.05) is 18.2 Å². The molecule has 1 aromatic carbocycles. The topological polar surface area (TPSA) is 73.1 Å². The molecular weight excluding hydrogens is 220 g/mol. The summed E-state index contributed by atoms with van der Waals surface area (Å²) in [5.74, 6) is 1.31. The fourth-order valence-electron chi connectivity index (χ4n) is 1.38. The molecule has 0 unspecified atom stereocenters. The van der Waals surface area contributed by atoms with Crippen LogP contribution < -0.4 is 4.74 Å². The molecule has 0 radical (unpaired) electrons. The number of aliphatic hydroxyl groups is 1. The van der Waals surface area contributed by atoms with E-state index in [0.29, 0.717) is 12.4 Å². The largest absolute Gasteiger partial charge is 0.485 e. The molecule has 0 bridgehead atoms. The van der Waals surface area contributed by atoms with Gasteiger partial charge in [-0.25, -0.2) is 0 Å². The fourth-order valence-corrected chi connectivity index (χ4v) is 1.38. The van der Waals surface area contributed by atoms with E-state index in [0.717, 1.165) is 11.3 Å². The molecule has 1 heterocycles. The highest BCUT2D eigenvalue weighted by Crippen LogP contribution is 2.16. The van der Waals surface area contributed by atoms with E-state index in [1.54, 1.807) is 0 Å². The van der Waals surface area contributed by atoms with Gasteiger partial charge < -0.3 is 9.84 Å². The maximum Gasteiger partial charge on any atom is 0.212 e. The number of benzene rings is 1. The standard InChI is InChI=1S/C11H14N4O2/c1-9-4-2-3-5-10(9)17-8-11-12-14-15(13-11)6-7-16/h2-5,16H,6-8H2,1H3. The van der Waals surface area contributed by atoms with E-state index >= 15 is 0 Å². The second-order valence-electron chi connectivity index (χ2n) is 3.58. The van der Waals surface area contributed by atoms with Crippen LogP contribution in [0.4, 0.5) is 0 Å². The smallest absolute Gasteiger partial charge is 0.212 e. The van der Waals surface area contributed by atoms with Crippen molar-refractivity contribution in [1.82, 2.24) is 20.2 Å². The maximum absolute atomic E-state index is 8.71. The third kappa shape index (κ3) is 3.01. The Morgan fingerprint density at radius 3 is 2.94 bits per heavy atom. The highest BCUT2D eigenvalue weighted by atomic mass is 16.5. The summed E-state index contributed by atoms with van der Waals surface area (Å²) < 4.78 is 5.57. The van der Waals surface area contributed by atoms with Crippen LogP contribution in [-0.4, -0.2) is 31.9 Å². The molecule has 1 N–H and O–H groups in total. The molecular formula is C11H14N4O2. The lowest BCUT2D eigenvalue weighted by Crippen LogP contribution is -2.06. The summed E-state index contributed by atoms with van der Waals surface area (Å²) in [6.07, 6.45) is 0. The van der Waals surface area contributed by atoms with Gasteiger partial charge in [0.1, 0.15) is 5.75 Å². The molecule has 6 heteroatoms. The summed E-state index contributed by atoms with van der Waals surface area (Å²) >= 11 is 0. The van der Waals surface area contributed by atoms with Gasteiger partial charge in [0.2, 0.25) is 5.82 Å². The molecule has 0 fully saturated rings. The zero-order valence-electron chi connectivity index (χ0n) is 9.58. The van der Waals surface area contributed by atoms with Crippen LogP contribution in [0.15, 0.2) is 24.3 Å². The Morgan fingerprint density at radius 1 is 1.35 bits per heavy atom. The first-order valence-corrected chi connectivity index (χ1v) is 5.35. The summed E-state index contributed by atoms with van der Waals surface area (Å²) in [6, 6.07) is 7.75. The first kappa shape index (κ1) is 11.5. The Hall–Kier alpha value is -1.95. The molecule has 0 atom stereocenters. The Labute approximate surface area is 98.8 Å². The van der Waals surface area contributed by atoms with Crippen molar-refractivity contribution in [3.8, 4) is 5.75 Å². The second-order valence-corrected chi connectivity index (χ2v) is 3.58. The van der Waals surface area contributed by atoms with Gasteiger partial charge >= 0.3 is 0 Å². The minimum atomic E-state index is -0.00551. The molecule has 17 heavy (non-hydrogen) atoms. The Kier molecular flexibility index (Phi) is 3.66. The van der Waals surface area contributed by atoms with Gasteiger partial charge in [0, 0.05) is 0 Å². The predicted octanol–water partition coefficient (Wildman–Crippen LogP) is 0.553. The zero-order chi connectivity index (χ0) is 12.1. The minimum Gasteiger partial charge on any atom is -0.485 e. The Bertz CT molecular complexity index is 484. The number of nitrogens with zero attached hydrogens (tertiary/aromatic N) is 4. The van der Waals surface area contributed by atoms with Gasteiger partial charge in [-0.05, 0) is 23.8 Å².